The molecule has 1 aliphatic rings. The maximum Gasteiger partial charge on any atom is 0.191 e. The van der Waals surface area contributed by atoms with E-state index in [1.54, 1.807) is 11.3 Å². The van der Waals surface area contributed by atoms with E-state index in [2.05, 4.69) is 58.6 Å². The van der Waals surface area contributed by atoms with Crippen molar-refractivity contribution < 1.29 is 0 Å². The van der Waals surface area contributed by atoms with E-state index in [1.165, 1.54) is 31.6 Å². The second kappa shape index (κ2) is 11.3. The molecule has 7 heteroatoms. The molecule has 1 aromatic rings. The maximum absolute atomic E-state index is 4.67. The Morgan fingerprint density at radius 3 is 2.44 bits per heavy atom. The molecule has 1 fully saturated rings. The summed E-state index contributed by atoms with van der Waals surface area (Å²) in [6, 6.07) is 0.568. The number of rotatable bonds is 7. The van der Waals surface area contributed by atoms with Crippen molar-refractivity contribution in [1.29, 1.82) is 0 Å². The van der Waals surface area contributed by atoms with Gasteiger partial charge in [0, 0.05) is 25.0 Å². The number of aliphatic imine (C=N–C) groups is 1. The molecule has 1 aromatic heterocycles. The molecule has 1 saturated heterocycles. The van der Waals surface area contributed by atoms with Crippen molar-refractivity contribution in [3.05, 3.63) is 16.1 Å². The molecule has 0 bridgehead atoms. The molecule has 1 atom stereocenters. The van der Waals surface area contributed by atoms with E-state index in [4.69, 9.17) is 0 Å². The van der Waals surface area contributed by atoms with Gasteiger partial charge in [0.1, 0.15) is 5.01 Å². The van der Waals surface area contributed by atoms with E-state index >= 15 is 0 Å². The summed E-state index contributed by atoms with van der Waals surface area (Å²) in [4.78, 5) is 11.6. The third-order valence-corrected chi connectivity index (χ3v) is 5.52. The number of nitrogens with one attached hydrogen (secondary N) is 2. The van der Waals surface area contributed by atoms with Gasteiger partial charge < -0.3 is 10.6 Å². The molecular weight excluding hydrogens is 445 g/mol. The van der Waals surface area contributed by atoms with Gasteiger partial charge in [-0.25, -0.2) is 4.98 Å². The summed E-state index contributed by atoms with van der Waals surface area (Å²) >= 11 is 1.72. The van der Waals surface area contributed by atoms with Gasteiger partial charge in [-0.1, -0.05) is 27.7 Å². The van der Waals surface area contributed by atoms with Crippen molar-refractivity contribution in [3.8, 4) is 0 Å². The Morgan fingerprint density at radius 1 is 1.24 bits per heavy atom. The molecule has 0 radical (unpaired) electrons. The lowest BCUT2D eigenvalue weighted by Crippen LogP contribution is -2.48. The van der Waals surface area contributed by atoms with E-state index in [-0.39, 0.29) is 24.0 Å². The van der Waals surface area contributed by atoms with Gasteiger partial charge in [-0.15, -0.1) is 35.3 Å². The molecule has 25 heavy (non-hydrogen) atoms. The topological polar surface area (TPSA) is 52.6 Å². The average Bonchev–Trinajstić information content (AvgIpc) is 3.21. The minimum absolute atomic E-state index is 0. The molecule has 0 aliphatic carbocycles. The van der Waals surface area contributed by atoms with Crippen LogP contribution in [0.3, 0.4) is 0 Å². The highest BCUT2D eigenvalue weighted by Crippen LogP contribution is 2.18. The van der Waals surface area contributed by atoms with Gasteiger partial charge in [0.15, 0.2) is 5.96 Å². The SMILES string of the molecule is CN=C(NCc1nc(C(C)C)cs1)NCC(C(C)C)N1CCCC1.I. The van der Waals surface area contributed by atoms with E-state index in [9.17, 15) is 0 Å². The summed E-state index contributed by atoms with van der Waals surface area (Å²) in [7, 11) is 1.83. The highest BCUT2D eigenvalue weighted by molar-refractivity contribution is 14.0. The first kappa shape index (κ1) is 22.6. The van der Waals surface area contributed by atoms with Gasteiger partial charge >= 0.3 is 0 Å². The number of hydrogen-bond donors (Lipinski definition) is 2. The summed E-state index contributed by atoms with van der Waals surface area (Å²) in [6.07, 6.45) is 2.66. The zero-order valence-electron chi connectivity index (χ0n) is 16.2. The fourth-order valence-electron chi connectivity index (χ4n) is 3.11. The Kier molecular flexibility index (Phi) is 10.3. The first-order chi connectivity index (χ1) is 11.5. The number of aromatic nitrogens is 1. The van der Waals surface area contributed by atoms with Crippen molar-refractivity contribution in [2.24, 2.45) is 10.9 Å². The molecule has 0 aromatic carbocycles. The molecule has 1 aliphatic heterocycles. The monoisotopic (exact) mass is 479 g/mol. The van der Waals surface area contributed by atoms with E-state index in [1.807, 2.05) is 7.05 Å². The number of guanidine groups is 1. The molecular formula is C18H34IN5S. The lowest BCUT2D eigenvalue weighted by Gasteiger charge is -2.31. The van der Waals surface area contributed by atoms with Crippen LogP contribution < -0.4 is 10.6 Å². The van der Waals surface area contributed by atoms with Gasteiger partial charge in [0.25, 0.3) is 0 Å². The number of likely N-dealkylation sites (tertiary alicyclic amines) is 1. The Hall–Kier alpha value is -0.410. The maximum atomic E-state index is 4.67. The van der Waals surface area contributed by atoms with Crippen molar-refractivity contribution in [3.63, 3.8) is 0 Å². The number of thiazole rings is 1. The van der Waals surface area contributed by atoms with Crippen LogP contribution in [0.4, 0.5) is 0 Å². The third kappa shape index (κ3) is 7.02. The van der Waals surface area contributed by atoms with Crippen molar-refractivity contribution in [2.75, 3.05) is 26.7 Å². The largest absolute Gasteiger partial charge is 0.355 e. The van der Waals surface area contributed by atoms with Gasteiger partial charge in [-0.2, -0.15) is 0 Å². The Balaban J connectivity index is 0.00000312. The molecule has 0 spiro atoms. The summed E-state index contributed by atoms with van der Waals surface area (Å²) in [5, 5.41) is 10.2. The number of hydrogen-bond acceptors (Lipinski definition) is 4. The normalized spacial score (nSPS) is 17.0. The minimum Gasteiger partial charge on any atom is -0.355 e. The van der Waals surface area contributed by atoms with Crippen LogP contribution in [0.5, 0.6) is 0 Å². The first-order valence-corrected chi connectivity index (χ1v) is 10.0. The molecule has 144 valence electrons. The fraction of sp³-hybridized carbons (Fsp3) is 0.778. The van der Waals surface area contributed by atoms with Crippen LogP contribution in [0.2, 0.25) is 0 Å². The van der Waals surface area contributed by atoms with Gasteiger partial charge in [-0.05, 0) is 37.8 Å². The molecule has 2 heterocycles. The fourth-order valence-corrected chi connectivity index (χ4v) is 4.01. The summed E-state index contributed by atoms with van der Waals surface area (Å²) < 4.78 is 0. The van der Waals surface area contributed by atoms with Crippen LogP contribution in [0.1, 0.15) is 57.2 Å². The smallest absolute Gasteiger partial charge is 0.191 e. The third-order valence-electron chi connectivity index (χ3n) is 4.65. The molecule has 5 nitrogen and oxygen atoms in total. The predicted octanol–water partition coefficient (Wildman–Crippen LogP) is 3.67. The Bertz CT molecular complexity index is 523. The molecule has 0 saturated carbocycles. The van der Waals surface area contributed by atoms with Crippen LogP contribution in [-0.4, -0.2) is 48.6 Å². The zero-order valence-corrected chi connectivity index (χ0v) is 19.4. The van der Waals surface area contributed by atoms with Gasteiger partial charge in [0.05, 0.1) is 12.2 Å². The lowest BCUT2D eigenvalue weighted by molar-refractivity contribution is 0.192. The summed E-state index contributed by atoms with van der Waals surface area (Å²) in [5.41, 5.74) is 1.17. The standard InChI is InChI=1S/C18H33N5S.HI/c1-13(2)15-12-24-17(22-15)11-21-18(19-5)20-10-16(14(3)4)23-8-6-7-9-23;/h12-14,16H,6-11H2,1-5H3,(H2,19,20,21);1H. The second-order valence-electron chi connectivity index (χ2n) is 7.18. The zero-order chi connectivity index (χ0) is 17.5. The highest BCUT2D eigenvalue weighted by Gasteiger charge is 2.24. The van der Waals surface area contributed by atoms with Crippen molar-refractivity contribution in [2.45, 2.75) is 59.0 Å². The average molecular weight is 479 g/mol. The van der Waals surface area contributed by atoms with E-state index in [0.717, 1.165) is 24.1 Å². The Labute approximate surface area is 174 Å². The van der Waals surface area contributed by atoms with Crippen LogP contribution in [0.25, 0.3) is 0 Å². The van der Waals surface area contributed by atoms with Crippen LogP contribution >= 0.6 is 35.3 Å². The first-order valence-electron chi connectivity index (χ1n) is 9.14. The molecule has 1 unspecified atom stereocenters. The Morgan fingerprint density at radius 2 is 1.92 bits per heavy atom. The van der Waals surface area contributed by atoms with Crippen LogP contribution in [0.15, 0.2) is 10.4 Å². The lowest BCUT2D eigenvalue weighted by atomic mass is 10.0. The molecule has 2 rings (SSSR count). The minimum atomic E-state index is 0. The van der Waals surface area contributed by atoms with Gasteiger partial charge in [-0.3, -0.25) is 9.89 Å². The molecule has 0 amide bonds. The quantitative estimate of drug-likeness (QED) is 0.356. The van der Waals surface area contributed by atoms with E-state index < -0.39 is 0 Å². The van der Waals surface area contributed by atoms with Crippen molar-refractivity contribution >= 4 is 41.3 Å². The summed E-state index contributed by atoms with van der Waals surface area (Å²) in [6.45, 7) is 13.1. The molecule has 2 N–H and O–H groups in total. The second-order valence-corrected chi connectivity index (χ2v) is 8.12. The van der Waals surface area contributed by atoms with Crippen molar-refractivity contribution in [1.82, 2.24) is 20.5 Å². The summed E-state index contributed by atoms with van der Waals surface area (Å²) in [5.74, 6) is 1.99. The van der Waals surface area contributed by atoms with Crippen LogP contribution in [0, 0.1) is 5.92 Å². The number of nitrogens with zero attached hydrogens (tertiary/aromatic N) is 3. The highest BCUT2D eigenvalue weighted by atomic mass is 127. The predicted molar refractivity (Wildman–Crippen MR) is 119 cm³/mol. The van der Waals surface area contributed by atoms with E-state index in [0.29, 0.717) is 17.9 Å². The van der Waals surface area contributed by atoms with Crippen LogP contribution in [-0.2, 0) is 6.54 Å². The number of halogens is 1. The van der Waals surface area contributed by atoms with Gasteiger partial charge in [0.2, 0.25) is 0 Å².